The monoisotopic (exact) mass is 333 g/mol. The van der Waals surface area contributed by atoms with Gasteiger partial charge < -0.3 is 10.2 Å². The first-order valence-corrected chi connectivity index (χ1v) is 6.98. The van der Waals surface area contributed by atoms with Gasteiger partial charge in [-0.05, 0) is 23.8 Å². The quantitative estimate of drug-likeness (QED) is 0.855. The number of pyridine rings is 1. The third-order valence-electron chi connectivity index (χ3n) is 3.18. The first-order chi connectivity index (χ1) is 10.4. The highest BCUT2D eigenvalue weighted by Gasteiger charge is 2.41. The number of aromatic carboxylic acids is 2. The fourth-order valence-electron chi connectivity index (χ4n) is 2.36. The molecular formula is C15H18F3NO4. The largest absolute Gasteiger partial charge is 0.478 e. The van der Waals surface area contributed by atoms with Gasteiger partial charge in [-0.25, -0.2) is 14.6 Å². The van der Waals surface area contributed by atoms with Crippen molar-refractivity contribution in [2.75, 3.05) is 0 Å². The minimum atomic E-state index is -4.99. The second-order valence-corrected chi connectivity index (χ2v) is 5.93. The summed E-state index contributed by atoms with van der Waals surface area (Å²) in [5.74, 6) is -4.14. The topological polar surface area (TPSA) is 87.5 Å². The highest BCUT2D eigenvalue weighted by atomic mass is 19.4. The van der Waals surface area contributed by atoms with Crippen molar-refractivity contribution in [1.82, 2.24) is 4.98 Å². The van der Waals surface area contributed by atoms with Gasteiger partial charge in [0.05, 0.1) is 16.8 Å². The molecule has 0 aromatic carbocycles. The predicted molar refractivity (Wildman–Crippen MR) is 75.8 cm³/mol. The van der Waals surface area contributed by atoms with Crippen LogP contribution in [0.25, 0.3) is 0 Å². The van der Waals surface area contributed by atoms with Gasteiger partial charge in [0.1, 0.15) is 0 Å². The van der Waals surface area contributed by atoms with Crippen molar-refractivity contribution in [3.05, 3.63) is 28.1 Å². The average molecular weight is 333 g/mol. The van der Waals surface area contributed by atoms with Crippen LogP contribution in [0.5, 0.6) is 0 Å². The van der Waals surface area contributed by atoms with Gasteiger partial charge >= 0.3 is 18.1 Å². The highest BCUT2D eigenvalue weighted by molar-refractivity contribution is 5.98. The summed E-state index contributed by atoms with van der Waals surface area (Å²) in [7, 11) is 0. The van der Waals surface area contributed by atoms with E-state index in [0.29, 0.717) is 0 Å². The summed E-state index contributed by atoms with van der Waals surface area (Å²) < 4.78 is 39.7. The summed E-state index contributed by atoms with van der Waals surface area (Å²) >= 11 is 0. The van der Waals surface area contributed by atoms with Crippen molar-refractivity contribution < 1.29 is 33.0 Å². The van der Waals surface area contributed by atoms with Gasteiger partial charge in [0.25, 0.3) is 0 Å². The molecule has 0 saturated heterocycles. The van der Waals surface area contributed by atoms with E-state index < -0.39 is 40.9 Å². The number of nitrogens with zero attached hydrogens (tertiary/aromatic N) is 1. The lowest BCUT2D eigenvalue weighted by molar-refractivity contribution is -0.141. The molecule has 0 amide bonds. The van der Waals surface area contributed by atoms with Crippen LogP contribution < -0.4 is 0 Å². The van der Waals surface area contributed by atoms with E-state index in [9.17, 15) is 33.0 Å². The van der Waals surface area contributed by atoms with Gasteiger partial charge in [-0.1, -0.05) is 27.7 Å². The number of rotatable bonds is 5. The molecule has 1 heterocycles. The fraction of sp³-hybridized carbons (Fsp3) is 0.533. The third-order valence-corrected chi connectivity index (χ3v) is 3.18. The third kappa shape index (κ3) is 4.00. The van der Waals surface area contributed by atoms with E-state index in [2.05, 4.69) is 4.98 Å². The van der Waals surface area contributed by atoms with Gasteiger partial charge in [-0.3, -0.25) is 0 Å². The molecule has 1 rings (SSSR count). The second-order valence-electron chi connectivity index (χ2n) is 5.93. The zero-order valence-electron chi connectivity index (χ0n) is 13.2. The first-order valence-electron chi connectivity index (χ1n) is 6.98. The van der Waals surface area contributed by atoms with E-state index in [1.165, 1.54) is 13.8 Å². The van der Waals surface area contributed by atoms with Crippen LogP contribution in [0, 0.1) is 5.92 Å². The molecule has 23 heavy (non-hydrogen) atoms. The Hall–Kier alpha value is -2.12. The van der Waals surface area contributed by atoms with Crippen molar-refractivity contribution in [1.29, 1.82) is 0 Å². The second kappa shape index (κ2) is 6.55. The Bertz CT molecular complexity index is 637. The number of carbonyl (C=O) groups is 2. The van der Waals surface area contributed by atoms with Crippen LogP contribution in [0.3, 0.4) is 0 Å². The fourth-order valence-corrected chi connectivity index (χ4v) is 2.36. The molecule has 128 valence electrons. The van der Waals surface area contributed by atoms with E-state index in [0.717, 1.165) is 0 Å². The predicted octanol–water partition coefficient (Wildman–Crippen LogP) is 3.82. The van der Waals surface area contributed by atoms with E-state index in [-0.39, 0.29) is 23.6 Å². The van der Waals surface area contributed by atoms with Gasteiger partial charge in [-0.2, -0.15) is 13.2 Å². The SMILES string of the molecule is CC(C)Cc1c(C(=O)O)c(C(C)C)nc(C(F)(F)F)c1C(=O)O. The number of carboxylic acids is 2. The first kappa shape index (κ1) is 18.9. The van der Waals surface area contributed by atoms with Crippen molar-refractivity contribution in [2.24, 2.45) is 5.92 Å². The summed E-state index contributed by atoms with van der Waals surface area (Å²) in [6.07, 6.45) is -5.09. The molecule has 0 bridgehead atoms. The Morgan fingerprint density at radius 2 is 1.52 bits per heavy atom. The smallest absolute Gasteiger partial charge is 0.434 e. The van der Waals surface area contributed by atoms with Crippen LogP contribution in [0.4, 0.5) is 13.2 Å². The Balaban J connectivity index is 4.00. The van der Waals surface area contributed by atoms with E-state index in [4.69, 9.17) is 0 Å². The molecule has 0 atom stereocenters. The van der Waals surface area contributed by atoms with Gasteiger partial charge in [0.2, 0.25) is 0 Å². The number of aromatic nitrogens is 1. The Morgan fingerprint density at radius 1 is 1.04 bits per heavy atom. The Morgan fingerprint density at radius 3 is 1.83 bits per heavy atom. The van der Waals surface area contributed by atoms with E-state index in [1.54, 1.807) is 13.8 Å². The molecule has 0 aliphatic rings. The average Bonchev–Trinajstić information content (AvgIpc) is 2.34. The van der Waals surface area contributed by atoms with Crippen molar-refractivity contribution in [3.8, 4) is 0 Å². The number of carboxylic acid groups (broad SMARTS) is 2. The minimum Gasteiger partial charge on any atom is -0.478 e. The molecule has 0 aliphatic carbocycles. The molecule has 0 saturated carbocycles. The van der Waals surface area contributed by atoms with Gasteiger partial charge in [0, 0.05) is 0 Å². The molecule has 5 nitrogen and oxygen atoms in total. The highest BCUT2D eigenvalue weighted by Crippen LogP contribution is 2.36. The van der Waals surface area contributed by atoms with Crippen molar-refractivity contribution in [3.63, 3.8) is 0 Å². The summed E-state index contributed by atoms with van der Waals surface area (Å²) in [6, 6.07) is 0. The van der Waals surface area contributed by atoms with E-state index >= 15 is 0 Å². The molecule has 0 radical (unpaired) electrons. The summed E-state index contributed by atoms with van der Waals surface area (Å²) in [4.78, 5) is 26.3. The maximum absolute atomic E-state index is 13.2. The number of halogens is 3. The molecular weight excluding hydrogens is 315 g/mol. The lowest BCUT2D eigenvalue weighted by Gasteiger charge is -2.21. The molecule has 1 aromatic rings. The molecule has 0 unspecified atom stereocenters. The molecule has 0 fully saturated rings. The van der Waals surface area contributed by atoms with Gasteiger partial charge in [0.15, 0.2) is 5.69 Å². The molecule has 2 N–H and O–H groups in total. The number of hydrogen-bond acceptors (Lipinski definition) is 3. The lowest BCUT2D eigenvalue weighted by atomic mass is 9.88. The van der Waals surface area contributed by atoms with Crippen LogP contribution in [0.15, 0.2) is 0 Å². The van der Waals surface area contributed by atoms with Gasteiger partial charge in [-0.15, -0.1) is 0 Å². The van der Waals surface area contributed by atoms with Crippen LogP contribution in [-0.4, -0.2) is 27.1 Å². The van der Waals surface area contributed by atoms with Crippen molar-refractivity contribution in [2.45, 2.75) is 46.2 Å². The van der Waals surface area contributed by atoms with Crippen LogP contribution >= 0.6 is 0 Å². The maximum atomic E-state index is 13.2. The number of hydrogen-bond donors (Lipinski definition) is 2. The van der Waals surface area contributed by atoms with E-state index in [1.807, 2.05) is 0 Å². The Labute approximate surface area is 131 Å². The molecule has 1 aromatic heterocycles. The standard InChI is InChI=1S/C15H18F3NO4/c1-6(2)5-8-9(13(20)21)11(7(3)4)19-12(15(16,17)18)10(8)14(22)23/h6-7H,5H2,1-4H3,(H,20,21)(H,22,23). The maximum Gasteiger partial charge on any atom is 0.434 e. The Kier molecular flexibility index (Phi) is 5.39. The van der Waals surface area contributed by atoms with Crippen LogP contribution in [-0.2, 0) is 12.6 Å². The molecule has 8 heteroatoms. The van der Waals surface area contributed by atoms with Crippen LogP contribution in [0.2, 0.25) is 0 Å². The normalized spacial score (nSPS) is 12.0. The minimum absolute atomic E-state index is 0.103. The van der Waals surface area contributed by atoms with Crippen LogP contribution in [0.1, 0.15) is 71.3 Å². The zero-order valence-corrected chi connectivity index (χ0v) is 13.2. The summed E-state index contributed by atoms with van der Waals surface area (Å²) in [5, 5.41) is 18.6. The lowest BCUT2D eigenvalue weighted by Crippen LogP contribution is -2.24. The molecule has 0 spiro atoms. The number of alkyl halides is 3. The zero-order chi connectivity index (χ0) is 18.1. The molecule has 0 aliphatic heterocycles. The summed E-state index contributed by atoms with van der Waals surface area (Å²) in [6.45, 7) is 6.35. The van der Waals surface area contributed by atoms with Crippen molar-refractivity contribution >= 4 is 11.9 Å². The summed E-state index contributed by atoms with van der Waals surface area (Å²) in [5.41, 5.74) is -3.65.